The Labute approximate surface area is 166 Å². The molecular formula is C24H27N3O. The fraction of sp³-hybridized carbons (Fsp3) is 0.333. The molecule has 4 rings (SSSR count). The predicted molar refractivity (Wildman–Crippen MR) is 114 cm³/mol. The largest absolute Gasteiger partial charge is 0.505 e. The number of benzene rings is 1. The van der Waals surface area contributed by atoms with Crippen LogP contribution in [0.1, 0.15) is 54.9 Å². The van der Waals surface area contributed by atoms with E-state index in [-0.39, 0.29) is 5.75 Å². The van der Waals surface area contributed by atoms with Gasteiger partial charge in [0.1, 0.15) is 5.69 Å². The lowest BCUT2D eigenvalue weighted by molar-refractivity contribution is 0.476. The first-order chi connectivity index (χ1) is 13.6. The average molecular weight is 374 g/mol. The highest BCUT2D eigenvalue weighted by atomic mass is 16.3. The number of nitrogens with one attached hydrogen (secondary N) is 1. The van der Waals surface area contributed by atoms with Gasteiger partial charge in [0.05, 0.1) is 16.9 Å². The van der Waals surface area contributed by atoms with E-state index in [1.165, 1.54) is 16.7 Å². The summed E-state index contributed by atoms with van der Waals surface area (Å²) in [6, 6.07) is 12.7. The van der Waals surface area contributed by atoms with E-state index >= 15 is 0 Å². The zero-order chi connectivity index (χ0) is 19.7. The molecule has 1 saturated carbocycles. The first-order valence-corrected chi connectivity index (χ1v) is 10.1. The highest BCUT2D eigenvalue weighted by Gasteiger charge is 2.23. The molecule has 0 bridgehead atoms. The van der Waals surface area contributed by atoms with Crippen LogP contribution < -0.4 is 5.32 Å². The number of hydrogen-bond acceptors (Lipinski definition) is 4. The minimum absolute atomic E-state index is 0.224. The number of aromatic nitrogens is 2. The lowest BCUT2D eigenvalue weighted by atomic mass is 10.0. The normalized spacial score (nSPS) is 13.0. The van der Waals surface area contributed by atoms with Crippen molar-refractivity contribution >= 4 is 16.6 Å². The van der Waals surface area contributed by atoms with Gasteiger partial charge in [0, 0.05) is 24.0 Å². The van der Waals surface area contributed by atoms with Crippen LogP contribution in [-0.2, 0) is 12.8 Å². The molecule has 2 heterocycles. The molecule has 4 nitrogen and oxygen atoms in total. The van der Waals surface area contributed by atoms with Gasteiger partial charge in [0.15, 0.2) is 5.75 Å². The van der Waals surface area contributed by atoms with Crippen LogP contribution in [0.4, 0.5) is 0 Å². The molecule has 1 aliphatic carbocycles. The molecule has 2 aromatic heterocycles. The van der Waals surface area contributed by atoms with Gasteiger partial charge in [-0.05, 0) is 61.9 Å². The zero-order valence-electron chi connectivity index (χ0n) is 16.8. The number of nitrogens with zero attached hydrogens (tertiary/aromatic N) is 2. The number of fused-ring (bicyclic) bond motifs is 1. The second-order valence-corrected chi connectivity index (χ2v) is 7.45. The minimum atomic E-state index is 0.224. The monoisotopic (exact) mass is 373 g/mol. The molecule has 0 aliphatic heterocycles. The fourth-order valence-corrected chi connectivity index (χ4v) is 3.61. The molecule has 1 aliphatic rings. The van der Waals surface area contributed by atoms with Crippen molar-refractivity contribution in [2.45, 2.75) is 46.5 Å². The third-order valence-corrected chi connectivity index (χ3v) is 5.31. The number of aryl methyl sites for hydroxylation is 2. The third kappa shape index (κ3) is 3.59. The quantitative estimate of drug-likeness (QED) is 0.644. The van der Waals surface area contributed by atoms with Crippen LogP contribution in [0.3, 0.4) is 0 Å². The van der Waals surface area contributed by atoms with Crippen LogP contribution in [-0.4, -0.2) is 21.6 Å². The smallest absolute Gasteiger partial charge is 0.152 e. The van der Waals surface area contributed by atoms with Crippen LogP contribution in [0.15, 0.2) is 42.0 Å². The molecule has 0 saturated heterocycles. The standard InChI is InChI=1S/C24H27N3O/c1-4-16-6-8-17(9-7-16)14-19-12-13-20-21(27-19)15(3)26-23(24(20)28)22(25-5-2)18-10-11-18/h6-9,12-13,25,28H,4-5,10-11,14H2,1-3H3. The maximum atomic E-state index is 10.9. The van der Waals surface area contributed by atoms with Crippen molar-refractivity contribution in [3.05, 3.63) is 70.2 Å². The fourth-order valence-electron chi connectivity index (χ4n) is 3.61. The minimum Gasteiger partial charge on any atom is -0.505 e. The first-order valence-electron chi connectivity index (χ1n) is 10.1. The van der Waals surface area contributed by atoms with Gasteiger partial charge in [-0.3, -0.25) is 4.98 Å². The lowest BCUT2D eigenvalue weighted by Gasteiger charge is -2.14. The van der Waals surface area contributed by atoms with E-state index in [4.69, 9.17) is 9.97 Å². The molecule has 0 spiro atoms. The Hall–Kier alpha value is -2.88. The van der Waals surface area contributed by atoms with Crippen molar-refractivity contribution in [2.75, 3.05) is 6.54 Å². The summed E-state index contributed by atoms with van der Waals surface area (Å²) in [5.74, 6) is 0.224. The number of allylic oxidation sites excluding steroid dienone is 1. The van der Waals surface area contributed by atoms with Crippen LogP contribution >= 0.6 is 0 Å². The Bertz CT molecular complexity index is 1050. The van der Waals surface area contributed by atoms with Gasteiger partial charge in [-0.25, -0.2) is 4.98 Å². The molecule has 1 aromatic carbocycles. The van der Waals surface area contributed by atoms with E-state index < -0.39 is 0 Å². The molecule has 144 valence electrons. The van der Waals surface area contributed by atoms with Gasteiger partial charge in [-0.1, -0.05) is 31.2 Å². The second-order valence-electron chi connectivity index (χ2n) is 7.45. The van der Waals surface area contributed by atoms with Gasteiger partial charge in [0.2, 0.25) is 0 Å². The SMILES string of the molecule is CCNC(=C1CC1)c1nc(C)c2nc(Cc3ccc(CC)cc3)ccc2c1O. The second kappa shape index (κ2) is 7.63. The number of rotatable bonds is 6. The third-order valence-electron chi connectivity index (χ3n) is 5.31. The molecule has 3 aromatic rings. The molecule has 28 heavy (non-hydrogen) atoms. The molecular weight excluding hydrogens is 346 g/mol. The van der Waals surface area contributed by atoms with Crippen molar-refractivity contribution in [1.29, 1.82) is 0 Å². The maximum Gasteiger partial charge on any atom is 0.152 e. The average Bonchev–Trinajstić information content (AvgIpc) is 3.55. The van der Waals surface area contributed by atoms with E-state index in [0.717, 1.165) is 60.2 Å². The van der Waals surface area contributed by atoms with E-state index in [1.54, 1.807) is 0 Å². The van der Waals surface area contributed by atoms with Crippen molar-refractivity contribution in [2.24, 2.45) is 0 Å². The maximum absolute atomic E-state index is 10.9. The summed E-state index contributed by atoms with van der Waals surface area (Å²) in [6.45, 7) is 7.01. The van der Waals surface area contributed by atoms with E-state index in [0.29, 0.717) is 5.69 Å². The van der Waals surface area contributed by atoms with Crippen molar-refractivity contribution in [3.63, 3.8) is 0 Å². The molecule has 4 heteroatoms. The first kappa shape index (κ1) is 18.5. The van der Waals surface area contributed by atoms with Crippen molar-refractivity contribution < 1.29 is 5.11 Å². The molecule has 0 radical (unpaired) electrons. The van der Waals surface area contributed by atoms with Gasteiger partial charge < -0.3 is 10.4 Å². The highest BCUT2D eigenvalue weighted by molar-refractivity contribution is 5.91. The number of aromatic hydroxyl groups is 1. The van der Waals surface area contributed by atoms with Gasteiger partial charge in [0.25, 0.3) is 0 Å². The van der Waals surface area contributed by atoms with Crippen LogP contribution in [0, 0.1) is 6.92 Å². The number of pyridine rings is 2. The topological polar surface area (TPSA) is 58.0 Å². The highest BCUT2D eigenvalue weighted by Crippen LogP contribution is 2.39. The Morgan fingerprint density at radius 1 is 1.00 bits per heavy atom. The Morgan fingerprint density at radius 2 is 1.71 bits per heavy atom. The summed E-state index contributed by atoms with van der Waals surface area (Å²) in [5, 5.41) is 15.1. The summed E-state index contributed by atoms with van der Waals surface area (Å²) in [5.41, 5.74) is 8.18. The Morgan fingerprint density at radius 3 is 2.36 bits per heavy atom. The summed E-state index contributed by atoms with van der Waals surface area (Å²) < 4.78 is 0. The summed E-state index contributed by atoms with van der Waals surface area (Å²) in [6.07, 6.45) is 3.98. The summed E-state index contributed by atoms with van der Waals surface area (Å²) in [4.78, 5) is 9.54. The zero-order valence-corrected chi connectivity index (χ0v) is 16.8. The van der Waals surface area contributed by atoms with Crippen molar-refractivity contribution in [3.8, 4) is 5.75 Å². The predicted octanol–water partition coefficient (Wildman–Crippen LogP) is 4.91. The van der Waals surface area contributed by atoms with Crippen molar-refractivity contribution in [1.82, 2.24) is 15.3 Å². The molecule has 0 atom stereocenters. The van der Waals surface area contributed by atoms with E-state index in [9.17, 15) is 5.11 Å². The van der Waals surface area contributed by atoms with Crippen LogP contribution in [0.5, 0.6) is 5.75 Å². The summed E-state index contributed by atoms with van der Waals surface area (Å²) >= 11 is 0. The Kier molecular flexibility index (Phi) is 5.03. The number of hydrogen-bond donors (Lipinski definition) is 2. The molecule has 0 amide bonds. The van der Waals surface area contributed by atoms with Gasteiger partial charge in [-0.15, -0.1) is 0 Å². The molecule has 0 unspecified atom stereocenters. The summed E-state index contributed by atoms with van der Waals surface area (Å²) in [7, 11) is 0. The molecule has 1 fully saturated rings. The van der Waals surface area contributed by atoms with Crippen LogP contribution in [0.2, 0.25) is 0 Å². The lowest BCUT2D eigenvalue weighted by Crippen LogP contribution is -2.13. The van der Waals surface area contributed by atoms with Crippen LogP contribution in [0.25, 0.3) is 16.6 Å². The molecule has 2 N–H and O–H groups in total. The van der Waals surface area contributed by atoms with E-state index in [1.807, 2.05) is 19.1 Å². The Balaban J connectivity index is 1.71. The van der Waals surface area contributed by atoms with Gasteiger partial charge in [-0.2, -0.15) is 0 Å². The van der Waals surface area contributed by atoms with Gasteiger partial charge >= 0.3 is 0 Å². The van der Waals surface area contributed by atoms with E-state index in [2.05, 4.69) is 43.4 Å².